The van der Waals surface area contributed by atoms with E-state index in [1.165, 1.54) is 12.1 Å². The lowest BCUT2D eigenvalue weighted by atomic mass is 10.1. The second kappa shape index (κ2) is 8.47. The van der Waals surface area contributed by atoms with Gasteiger partial charge in [-0.15, -0.1) is 10.2 Å². The first-order valence-electron chi connectivity index (χ1n) is 7.86. The number of amides is 1. The predicted molar refractivity (Wildman–Crippen MR) is 111 cm³/mol. The molecule has 0 fully saturated rings. The van der Waals surface area contributed by atoms with E-state index in [0.29, 0.717) is 26.8 Å². The van der Waals surface area contributed by atoms with Crippen LogP contribution in [0.2, 0.25) is 5.02 Å². The lowest BCUT2D eigenvalue weighted by Gasteiger charge is -2.01. The van der Waals surface area contributed by atoms with Crippen LogP contribution in [0.5, 0.6) is 0 Å². The molecule has 10 heteroatoms. The average Bonchev–Trinajstić information content (AvgIpc) is 3.15. The van der Waals surface area contributed by atoms with Crippen LogP contribution >= 0.6 is 34.5 Å². The van der Waals surface area contributed by atoms with Gasteiger partial charge in [-0.25, -0.2) is 0 Å². The number of halogens is 2. The summed E-state index contributed by atoms with van der Waals surface area (Å²) in [5, 5.41) is 22.7. The minimum Gasteiger partial charge on any atom is -0.320 e. The Morgan fingerprint density at radius 2 is 1.86 bits per heavy atom. The predicted octanol–water partition coefficient (Wildman–Crippen LogP) is 5.40. The highest BCUT2D eigenvalue weighted by Crippen LogP contribution is 2.28. The number of rotatable bonds is 5. The maximum Gasteiger partial charge on any atom is 0.286 e. The van der Waals surface area contributed by atoms with Gasteiger partial charge in [-0.1, -0.05) is 46.7 Å². The van der Waals surface area contributed by atoms with Crippen molar-refractivity contribution in [3.8, 4) is 0 Å². The third kappa shape index (κ3) is 4.72. The van der Waals surface area contributed by atoms with Crippen LogP contribution in [0.3, 0.4) is 0 Å². The number of nitro benzene ring substituents is 1. The number of hydrogen-bond donors (Lipinski definition) is 1. The number of anilines is 1. The van der Waals surface area contributed by atoms with E-state index < -0.39 is 10.8 Å². The molecule has 1 amide bonds. The molecule has 2 aromatic carbocycles. The average molecular weight is 435 g/mol. The number of nitrogens with one attached hydrogen (secondary N) is 1. The monoisotopic (exact) mass is 434 g/mol. The Morgan fingerprint density at radius 3 is 2.54 bits per heavy atom. The topological polar surface area (TPSA) is 98.0 Å². The van der Waals surface area contributed by atoms with Crippen LogP contribution in [0, 0.1) is 17.0 Å². The molecule has 0 aliphatic carbocycles. The molecular weight excluding hydrogens is 423 g/mol. The second-order valence-corrected chi connectivity index (χ2v) is 7.49. The molecule has 0 saturated carbocycles. The third-order valence-corrected chi connectivity index (χ3v) is 5.26. The van der Waals surface area contributed by atoms with Crippen LogP contribution < -0.4 is 5.32 Å². The van der Waals surface area contributed by atoms with Crippen molar-refractivity contribution in [2.75, 3.05) is 5.32 Å². The number of nitro groups is 1. The molecule has 28 heavy (non-hydrogen) atoms. The maximum absolute atomic E-state index is 12.3. The second-order valence-electron chi connectivity index (χ2n) is 5.67. The van der Waals surface area contributed by atoms with Gasteiger partial charge in [0.15, 0.2) is 5.01 Å². The van der Waals surface area contributed by atoms with Crippen molar-refractivity contribution in [2.45, 2.75) is 6.92 Å². The van der Waals surface area contributed by atoms with E-state index in [1.54, 1.807) is 43.3 Å². The summed E-state index contributed by atoms with van der Waals surface area (Å²) >= 11 is 13.1. The SMILES string of the molecule is Cc1ccc(/C=C(\Cl)c2nnc(C(=O)Nc3ccc(Cl)cc3)s2)cc1[N+](=O)[O-]. The molecule has 7 nitrogen and oxygen atoms in total. The van der Waals surface area contributed by atoms with Crippen molar-refractivity contribution >= 4 is 62.9 Å². The molecular formula is C18H12Cl2N4O3S. The van der Waals surface area contributed by atoms with Gasteiger partial charge < -0.3 is 5.32 Å². The molecule has 0 saturated heterocycles. The lowest BCUT2D eigenvalue weighted by Crippen LogP contribution is -2.11. The number of hydrogen-bond acceptors (Lipinski definition) is 6. The molecule has 0 atom stereocenters. The van der Waals surface area contributed by atoms with Crippen LogP contribution in [0.4, 0.5) is 11.4 Å². The van der Waals surface area contributed by atoms with Crippen molar-refractivity contribution in [1.82, 2.24) is 10.2 Å². The van der Waals surface area contributed by atoms with Gasteiger partial charge in [-0.3, -0.25) is 14.9 Å². The summed E-state index contributed by atoms with van der Waals surface area (Å²) in [7, 11) is 0. The van der Waals surface area contributed by atoms with Gasteiger partial charge in [-0.05, 0) is 42.8 Å². The molecule has 0 bridgehead atoms. The van der Waals surface area contributed by atoms with Gasteiger partial charge in [-0.2, -0.15) is 0 Å². The highest BCUT2D eigenvalue weighted by atomic mass is 35.5. The maximum atomic E-state index is 12.3. The molecule has 0 radical (unpaired) electrons. The smallest absolute Gasteiger partial charge is 0.286 e. The number of carbonyl (C=O) groups excluding carboxylic acids is 1. The van der Waals surface area contributed by atoms with Crippen molar-refractivity contribution < 1.29 is 9.72 Å². The van der Waals surface area contributed by atoms with Crippen LogP contribution in [-0.2, 0) is 0 Å². The van der Waals surface area contributed by atoms with Crippen molar-refractivity contribution in [1.29, 1.82) is 0 Å². The van der Waals surface area contributed by atoms with Gasteiger partial charge in [0, 0.05) is 22.3 Å². The molecule has 3 rings (SSSR count). The number of aromatic nitrogens is 2. The van der Waals surface area contributed by atoms with Crippen molar-refractivity contribution in [3.63, 3.8) is 0 Å². The summed E-state index contributed by atoms with van der Waals surface area (Å²) in [5.41, 5.74) is 1.67. The molecule has 1 heterocycles. The van der Waals surface area contributed by atoms with E-state index in [0.717, 1.165) is 11.3 Å². The lowest BCUT2D eigenvalue weighted by molar-refractivity contribution is -0.385. The zero-order valence-corrected chi connectivity index (χ0v) is 16.7. The molecule has 0 aliphatic rings. The zero-order chi connectivity index (χ0) is 20.3. The van der Waals surface area contributed by atoms with Crippen LogP contribution in [0.25, 0.3) is 11.1 Å². The largest absolute Gasteiger partial charge is 0.320 e. The normalized spacial score (nSPS) is 11.3. The Labute approximate surface area is 173 Å². The molecule has 1 N–H and O–H groups in total. The van der Waals surface area contributed by atoms with E-state index in [2.05, 4.69) is 15.5 Å². The van der Waals surface area contributed by atoms with Gasteiger partial charge in [0.1, 0.15) is 0 Å². The Bertz CT molecular complexity index is 1080. The van der Waals surface area contributed by atoms with Crippen molar-refractivity contribution in [3.05, 3.63) is 78.7 Å². The number of aryl methyl sites for hydroxylation is 1. The minimum atomic E-state index is -0.454. The van der Waals surface area contributed by atoms with Crippen molar-refractivity contribution in [2.24, 2.45) is 0 Å². The molecule has 3 aromatic rings. The number of benzene rings is 2. The first-order valence-corrected chi connectivity index (χ1v) is 9.44. The van der Waals surface area contributed by atoms with Crippen LogP contribution in [0.15, 0.2) is 42.5 Å². The number of nitrogens with zero attached hydrogens (tertiary/aromatic N) is 3. The summed E-state index contributed by atoms with van der Waals surface area (Å²) in [6.45, 7) is 1.66. The first-order chi connectivity index (χ1) is 13.3. The van der Waals surface area contributed by atoms with Crippen LogP contribution in [-0.4, -0.2) is 21.0 Å². The van der Waals surface area contributed by atoms with E-state index in [9.17, 15) is 14.9 Å². The fraction of sp³-hybridized carbons (Fsp3) is 0.0556. The Kier molecular flexibility index (Phi) is 6.03. The van der Waals surface area contributed by atoms with Gasteiger partial charge in [0.2, 0.25) is 5.01 Å². The summed E-state index contributed by atoms with van der Waals surface area (Å²) in [6, 6.07) is 11.4. The molecule has 0 unspecified atom stereocenters. The van der Waals surface area contributed by atoms with E-state index in [4.69, 9.17) is 23.2 Å². The summed E-state index contributed by atoms with van der Waals surface area (Å²) < 4.78 is 0. The first kappa shape index (κ1) is 19.9. The molecule has 0 aliphatic heterocycles. The highest BCUT2D eigenvalue weighted by Gasteiger charge is 2.16. The van der Waals surface area contributed by atoms with Crippen LogP contribution in [0.1, 0.15) is 25.9 Å². The Hall–Kier alpha value is -2.81. The molecule has 1 aromatic heterocycles. The van der Waals surface area contributed by atoms with Gasteiger partial charge in [0.25, 0.3) is 11.6 Å². The van der Waals surface area contributed by atoms with E-state index in [1.807, 2.05) is 0 Å². The third-order valence-electron chi connectivity index (χ3n) is 3.65. The van der Waals surface area contributed by atoms with E-state index in [-0.39, 0.29) is 15.7 Å². The highest BCUT2D eigenvalue weighted by molar-refractivity contribution is 7.15. The Morgan fingerprint density at radius 1 is 1.18 bits per heavy atom. The minimum absolute atomic E-state index is 0.00138. The quantitative estimate of drug-likeness (QED) is 0.428. The standard InChI is InChI=1S/C18H12Cl2N4O3S/c1-10-2-3-11(9-15(10)24(26)27)8-14(20)17-22-23-18(28-17)16(25)21-13-6-4-12(19)5-7-13/h2-9H,1H3,(H,21,25)/b14-8-. The molecule has 142 valence electrons. The summed E-state index contributed by atoms with van der Waals surface area (Å²) in [4.78, 5) is 22.9. The fourth-order valence-corrected chi connectivity index (χ4v) is 3.30. The fourth-order valence-electron chi connectivity index (χ4n) is 2.25. The molecule has 0 spiro atoms. The van der Waals surface area contributed by atoms with Gasteiger partial charge >= 0.3 is 0 Å². The zero-order valence-electron chi connectivity index (χ0n) is 14.3. The van der Waals surface area contributed by atoms with E-state index >= 15 is 0 Å². The number of carbonyl (C=O) groups is 1. The Balaban J connectivity index is 1.78. The summed E-state index contributed by atoms with van der Waals surface area (Å²) in [6.07, 6.45) is 1.54. The van der Waals surface area contributed by atoms with Gasteiger partial charge in [0.05, 0.1) is 9.96 Å². The summed E-state index contributed by atoms with van der Waals surface area (Å²) in [5.74, 6) is -0.429.